The van der Waals surface area contributed by atoms with E-state index in [-0.39, 0.29) is 11.5 Å². The van der Waals surface area contributed by atoms with E-state index >= 15 is 0 Å². The van der Waals surface area contributed by atoms with E-state index in [0.717, 1.165) is 4.88 Å². The summed E-state index contributed by atoms with van der Waals surface area (Å²) in [7, 11) is 0. The molecule has 0 bridgehead atoms. The Bertz CT molecular complexity index is 496. The van der Waals surface area contributed by atoms with Crippen molar-refractivity contribution < 1.29 is 15.3 Å². The maximum atomic E-state index is 9.66. The van der Waals surface area contributed by atoms with E-state index in [9.17, 15) is 15.3 Å². The number of benzene rings is 1. The Hall–Kier alpha value is -1.72. The van der Waals surface area contributed by atoms with Crippen LogP contribution in [0.1, 0.15) is 16.5 Å². The summed E-state index contributed by atoms with van der Waals surface area (Å²) in [4.78, 5) is 0.875. The molecule has 0 spiro atoms. The fraction of sp³-hybridized carbons (Fsp3) is 0.0909. The molecule has 1 aromatic carbocycles. The standard InChI is InChI=1S/C11H11NO3S/c12-9(8-2-1-5-16-8)6-3-4-7(13)11(15)10(6)14/h1-5,9,13-15H,12H2/t9-/m0/s1. The summed E-state index contributed by atoms with van der Waals surface area (Å²) in [6, 6.07) is 5.99. The monoisotopic (exact) mass is 237 g/mol. The Morgan fingerprint density at radius 1 is 1.06 bits per heavy atom. The van der Waals surface area contributed by atoms with Crippen LogP contribution < -0.4 is 5.73 Å². The average Bonchev–Trinajstić information content (AvgIpc) is 2.79. The molecular formula is C11H11NO3S. The van der Waals surface area contributed by atoms with Gasteiger partial charge in [0, 0.05) is 10.4 Å². The van der Waals surface area contributed by atoms with Gasteiger partial charge in [0.2, 0.25) is 5.75 Å². The van der Waals surface area contributed by atoms with Crippen molar-refractivity contribution in [1.29, 1.82) is 0 Å². The Balaban J connectivity index is 2.45. The van der Waals surface area contributed by atoms with E-state index in [1.165, 1.54) is 23.5 Å². The molecular weight excluding hydrogens is 226 g/mol. The summed E-state index contributed by atoms with van der Waals surface area (Å²) in [6.07, 6.45) is 0. The Morgan fingerprint density at radius 2 is 1.81 bits per heavy atom. The van der Waals surface area contributed by atoms with Crippen LogP contribution in [-0.2, 0) is 0 Å². The van der Waals surface area contributed by atoms with E-state index < -0.39 is 11.8 Å². The molecule has 1 aromatic heterocycles. The fourth-order valence-corrected chi connectivity index (χ4v) is 2.20. The van der Waals surface area contributed by atoms with Crippen molar-refractivity contribution >= 4 is 11.3 Å². The summed E-state index contributed by atoms with van der Waals surface area (Å²) in [5, 5.41) is 30.1. The molecule has 1 atom stereocenters. The molecule has 1 heterocycles. The minimum atomic E-state index is -0.537. The lowest BCUT2D eigenvalue weighted by atomic mass is 10.0. The number of phenols is 3. The van der Waals surface area contributed by atoms with Gasteiger partial charge >= 0.3 is 0 Å². The van der Waals surface area contributed by atoms with Crippen LogP contribution in [0.25, 0.3) is 0 Å². The summed E-state index contributed by atoms with van der Waals surface area (Å²) in [6.45, 7) is 0. The molecule has 5 N–H and O–H groups in total. The van der Waals surface area contributed by atoms with Crippen LogP contribution in [0.5, 0.6) is 17.2 Å². The lowest BCUT2D eigenvalue weighted by Gasteiger charge is -2.13. The van der Waals surface area contributed by atoms with Gasteiger partial charge in [-0.2, -0.15) is 0 Å². The van der Waals surface area contributed by atoms with Gasteiger partial charge in [0.15, 0.2) is 11.5 Å². The highest BCUT2D eigenvalue weighted by Gasteiger charge is 2.18. The van der Waals surface area contributed by atoms with Gasteiger partial charge in [-0.05, 0) is 23.6 Å². The first kappa shape index (κ1) is 10.8. The normalized spacial score (nSPS) is 12.6. The number of rotatable bonds is 2. The summed E-state index contributed by atoms with van der Waals surface area (Å²) < 4.78 is 0. The van der Waals surface area contributed by atoms with E-state index in [1.54, 1.807) is 0 Å². The predicted octanol–water partition coefficient (Wildman–Crippen LogP) is 1.91. The minimum absolute atomic E-state index is 0.361. The lowest BCUT2D eigenvalue weighted by Crippen LogP contribution is -2.10. The first-order valence-corrected chi connectivity index (χ1v) is 5.52. The Kier molecular flexibility index (Phi) is 2.72. The molecule has 2 aromatic rings. The third-order valence-corrected chi connectivity index (χ3v) is 3.30. The number of nitrogens with two attached hydrogens (primary N) is 1. The van der Waals surface area contributed by atoms with Crippen LogP contribution in [0, 0.1) is 0 Å². The number of aromatic hydroxyl groups is 3. The van der Waals surface area contributed by atoms with Crippen molar-refractivity contribution in [3.63, 3.8) is 0 Å². The third kappa shape index (κ3) is 1.70. The molecule has 0 fully saturated rings. The smallest absolute Gasteiger partial charge is 0.200 e. The molecule has 0 aliphatic carbocycles. The van der Waals surface area contributed by atoms with Gasteiger partial charge in [-0.3, -0.25) is 0 Å². The van der Waals surface area contributed by atoms with E-state index in [1.807, 2.05) is 17.5 Å². The zero-order valence-electron chi connectivity index (χ0n) is 8.29. The molecule has 84 valence electrons. The van der Waals surface area contributed by atoms with Crippen LogP contribution in [0.2, 0.25) is 0 Å². The zero-order valence-corrected chi connectivity index (χ0v) is 9.11. The third-order valence-electron chi connectivity index (χ3n) is 2.35. The molecule has 0 radical (unpaired) electrons. The molecule has 16 heavy (non-hydrogen) atoms. The fourth-order valence-electron chi connectivity index (χ4n) is 1.46. The molecule has 0 saturated heterocycles. The van der Waals surface area contributed by atoms with Crippen LogP contribution >= 0.6 is 11.3 Å². The maximum absolute atomic E-state index is 9.66. The molecule has 0 saturated carbocycles. The molecule has 2 rings (SSSR count). The van der Waals surface area contributed by atoms with Gasteiger partial charge in [0.1, 0.15) is 0 Å². The Morgan fingerprint density at radius 3 is 2.44 bits per heavy atom. The van der Waals surface area contributed by atoms with E-state index in [4.69, 9.17) is 5.73 Å². The molecule has 5 heteroatoms. The lowest BCUT2D eigenvalue weighted by molar-refractivity contribution is 0.364. The number of thiophene rings is 1. The Labute approximate surface area is 96.2 Å². The van der Waals surface area contributed by atoms with E-state index in [2.05, 4.69) is 0 Å². The predicted molar refractivity (Wildman–Crippen MR) is 61.8 cm³/mol. The number of phenolic OH excluding ortho intramolecular Hbond substituents is 3. The van der Waals surface area contributed by atoms with Crippen LogP contribution in [0.4, 0.5) is 0 Å². The van der Waals surface area contributed by atoms with Crippen molar-refractivity contribution in [2.75, 3.05) is 0 Å². The SMILES string of the molecule is N[C@H](c1cccs1)c1ccc(O)c(O)c1O. The average molecular weight is 237 g/mol. The molecule has 4 nitrogen and oxygen atoms in total. The second kappa shape index (κ2) is 4.03. The van der Waals surface area contributed by atoms with Gasteiger partial charge < -0.3 is 21.1 Å². The van der Waals surface area contributed by atoms with Gasteiger partial charge in [-0.25, -0.2) is 0 Å². The second-order valence-corrected chi connectivity index (χ2v) is 4.34. The van der Waals surface area contributed by atoms with E-state index in [0.29, 0.717) is 5.56 Å². The summed E-state index contributed by atoms with van der Waals surface area (Å²) in [5.74, 6) is -1.27. The summed E-state index contributed by atoms with van der Waals surface area (Å²) >= 11 is 1.46. The van der Waals surface area contributed by atoms with Crippen LogP contribution in [0.15, 0.2) is 29.6 Å². The quantitative estimate of drug-likeness (QED) is 0.601. The largest absolute Gasteiger partial charge is 0.504 e. The minimum Gasteiger partial charge on any atom is -0.504 e. The van der Waals surface area contributed by atoms with Crippen molar-refractivity contribution in [1.82, 2.24) is 0 Å². The van der Waals surface area contributed by atoms with Gasteiger partial charge in [-0.1, -0.05) is 6.07 Å². The first-order valence-electron chi connectivity index (χ1n) is 4.64. The molecule has 0 amide bonds. The van der Waals surface area contributed by atoms with Crippen molar-refractivity contribution in [2.24, 2.45) is 5.73 Å². The highest BCUT2D eigenvalue weighted by molar-refractivity contribution is 7.10. The van der Waals surface area contributed by atoms with Gasteiger partial charge in [0.25, 0.3) is 0 Å². The molecule has 0 aliphatic heterocycles. The van der Waals surface area contributed by atoms with Gasteiger partial charge in [0.05, 0.1) is 6.04 Å². The van der Waals surface area contributed by atoms with Crippen molar-refractivity contribution in [3.05, 3.63) is 40.1 Å². The highest BCUT2D eigenvalue weighted by atomic mass is 32.1. The topological polar surface area (TPSA) is 86.7 Å². The van der Waals surface area contributed by atoms with Crippen LogP contribution in [-0.4, -0.2) is 15.3 Å². The number of hydrogen-bond donors (Lipinski definition) is 4. The summed E-state index contributed by atoms with van der Waals surface area (Å²) in [5.41, 5.74) is 6.33. The molecule has 0 unspecified atom stereocenters. The second-order valence-electron chi connectivity index (χ2n) is 3.36. The van der Waals surface area contributed by atoms with Crippen molar-refractivity contribution in [2.45, 2.75) is 6.04 Å². The highest BCUT2D eigenvalue weighted by Crippen LogP contribution is 2.41. The molecule has 0 aliphatic rings. The first-order chi connectivity index (χ1) is 7.61. The zero-order chi connectivity index (χ0) is 11.7. The number of hydrogen-bond acceptors (Lipinski definition) is 5. The van der Waals surface area contributed by atoms with Gasteiger partial charge in [-0.15, -0.1) is 11.3 Å². The van der Waals surface area contributed by atoms with Crippen molar-refractivity contribution in [3.8, 4) is 17.2 Å². The maximum Gasteiger partial charge on any atom is 0.200 e. The van der Waals surface area contributed by atoms with Crippen LogP contribution in [0.3, 0.4) is 0 Å².